The number of benzene rings is 8. The Morgan fingerprint density at radius 3 is 1.49 bits per heavy atom. The Balaban J connectivity index is 1.23. The summed E-state index contributed by atoms with van der Waals surface area (Å²) in [5.74, 6) is 0.717. The van der Waals surface area contributed by atoms with Gasteiger partial charge < -0.3 is 0 Å². The molecule has 0 saturated heterocycles. The van der Waals surface area contributed by atoms with Crippen LogP contribution in [0, 0.1) is 0 Å². The van der Waals surface area contributed by atoms with Gasteiger partial charge in [0.2, 0.25) is 0 Å². The standard InChI is InChI=1S/C50H36N2Si/c1-53(2)46-27-14-13-20-37(46)42-25-15-26-43(49(42)53)47-38-21-9-11-23-40(38)48(41-24-12-10-22-39(41)47)45-32-44(51-50(52-45)36-18-7-4-8-19-36)35-30-28-34(29-31-35)33-16-5-3-6-17-33/h3-32H,1-2H3. The molecule has 0 bridgehead atoms. The smallest absolute Gasteiger partial charge is 0.160 e. The molecule has 10 rings (SSSR count). The SMILES string of the molecule is C[Si]1(C)c2ccccc2-c2cccc(-c3c4ccccc4c(-c4cc(-c5ccc(-c6ccccc6)cc5)nc(-c5ccccc5)n4)c4ccccc34)c21. The Bertz CT molecular complexity index is 2780. The minimum atomic E-state index is -2.00. The van der Waals surface area contributed by atoms with Crippen LogP contribution in [-0.2, 0) is 0 Å². The van der Waals surface area contributed by atoms with Gasteiger partial charge in [0.25, 0.3) is 0 Å². The van der Waals surface area contributed by atoms with Crippen LogP contribution in [0.5, 0.6) is 0 Å². The Hall–Kier alpha value is -6.42. The van der Waals surface area contributed by atoms with Crippen molar-refractivity contribution in [2.75, 3.05) is 0 Å². The van der Waals surface area contributed by atoms with Gasteiger partial charge in [0.1, 0.15) is 8.07 Å². The van der Waals surface area contributed by atoms with Crippen molar-refractivity contribution >= 4 is 40.0 Å². The molecule has 1 aliphatic heterocycles. The van der Waals surface area contributed by atoms with Crippen LogP contribution in [0.3, 0.4) is 0 Å². The minimum absolute atomic E-state index is 0.717. The minimum Gasteiger partial charge on any atom is -0.228 e. The first-order valence-corrected chi connectivity index (χ1v) is 21.3. The van der Waals surface area contributed by atoms with Gasteiger partial charge in [0.15, 0.2) is 5.82 Å². The second kappa shape index (κ2) is 12.4. The molecule has 0 aliphatic carbocycles. The van der Waals surface area contributed by atoms with Gasteiger partial charge in [0, 0.05) is 16.7 Å². The monoisotopic (exact) mass is 692 g/mol. The fraction of sp³-hybridized carbons (Fsp3) is 0.0400. The van der Waals surface area contributed by atoms with Crippen molar-refractivity contribution in [2.45, 2.75) is 13.1 Å². The van der Waals surface area contributed by atoms with E-state index >= 15 is 0 Å². The van der Waals surface area contributed by atoms with Gasteiger partial charge in [-0.25, -0.2) is 9.97 Å². The second-order valence-corrected chi connectivity index (χ2v) is 18.8. The number of aromatic nitrogens is 2. The molecule has 8 aromatic carbocycles. The van der Waals surface area contributed by atoms with E-state index in [1.54, 1.807) is 0 Å². The van der Waals surface area contributed by atoms with E-state index in [0.717, 1.165) is 28.1 Å². The van der Waals surface area contributed by atoms with Crippen LogP contribution in [0.2, 0.25) is 13.1 Å². The highest BCUT2D eigenvalue weighted by molar-refractivity contribution is 7.04. The van der Waals surface area contributed by atoms with Crippen molar-refractivity contribution in [1.29, 1.82) is 0 Å². The van der Waals surface area contributed by atoms with E-state index in [1.807, 2.05) is 6.07 Å². The van der Waals surface area contributed by atoms with Crippen LogP contribution in [-0.4, -0.2) is 18.0 Å². The Morgan fingerprint density at radius 1 is 0.358 bits per heavy atom. The summed E-state index contributed by atoms with van der Waals surface area (Å²) in [5.41, 5.74) is 12.8. The Kier molecular flexibility index (Phi) is 7.31. The van der Waals surface area contributed by atoms with E-state index in [9.17, 15) is 0 Å². The molecule has 0 unspecified atom stereocenters. The third kappa shape index (κ3) is 5.08. The molecule has 2 heterocycles. The summed E-state index contributed by atoms with van der Waals surface area (Å²) in [5, 5.41) is 7.91. The number of nitrogens with zero attached hydrogens (tertiary/aromatic N) is 2. The summed E-state index contributed by atoms with van der Waals surface area (Å²) in [6, 6.07) is 65.7. The molecule has 3 heteroatoms. The molecule has 2 nitrogen and oxygen atoms in total. The molecule has 0 fully saturated rings. The Labute approximate surface area is 311 Å². The van der Waals surface area contributed by atoms with E-state index in [4.69, 9.17) is 9.97 Å². The summed E-state index contributed by atoms with van der Waals surface area (Å²) in [7, 11) is -2.00. The number of hydrogen-bond donors (Lipinski definition) is 0. The normalized spacial score (nSPS) is 12.9. The van der Waals surface area contributed by atoms with E-state index in [1.165, 1.54) is 65.3 Å². The molecular weight excluding hydrogens is 657 g/mol. The van der Waals surface area contributed by atoms with Crippen LogP contribution < -0.4 is 10.4 Å². The van der Waals surface area contributed by atoms with Crippen LogP contribution in [0.25, 0.3) is 88.8 Å². The summed E-state index contributed by atoms with van der Waals surface area (Å²) >= 11 is 0. The van der Waals surface area contributed by atoms with Crippen molar-refractivity contribution < 1.29 is 0 Å². The largest absolute Gasteiger partial charge is 0.228 e. The van der Waals surface area contributed by atoms with Crippen molar-refractivity contribution in [3.8, 4) is 67.3 Å². The Morgan fingerprint density at radius 2 is 0.830 bits per heavy atom. The summed E-state index contributed by atoms with van der Waals surface area (Å²) in [6.45, 7) is 5.03. The second-order valence-electron chi connectivity index (χ2n) is 14.5. The van der Waals surface area contributed by atoms with Crippen LogP contribution in [0.15, 0.2) is 182 Å². The highest BCUT2D eigenvalue weighted by Crippen LogP contribution is 2.45. The van der Waals surface area contributed by atoms with Gasteiger partial charge >= 0.3 is 0 Å². The topological polar surface area (TPSA) is 25.8 Å². The highest BCUT2D eigenvalue weighted by atomic mass is 28.3. The lowest BCUT2D eigenvalue weighted by molar-refractivity contribution is 1.19. The lowest BCUT2D eigenvalue weighted by Gasteiger charge is -2.25. The number of fused-ring (bicyclic) bond motifs is 5. The molecule has 0 atom stereocenters. The highest BCUT2D eigenvalue weighted by Gasteiger charge is 2.39. The van der Waals surface area contributed by atoms with Gasteiger partial charge in [-0.15, -0.1) is 0 Å². The fourth-order valence-corrected chi connectivity index (χ4v) is 12.1. The molecule has 0 radical (unpaired) electrons. The maximum Gasteiger partial charge on any atom is 0.160 e. The van der Waals surface area contributed by atoms with E-state index in [0.29, 0.717) is 5.82 Å². The lowest BCUT2D eigenvalue weighted by Crippen LogP contribution is -2.50. The average Bonchev–Trinajstić information content (AvgIpc) is 3.46. The summed E-state index contributed by atoms with van der Waals surface area (Å²) < 4.78 is 0. The predicted molar refractivity (Wildman–Crippen MR) is 226 cm³/mol. The maximum atomic E-state index is 5.37. The molecule has 1 aromatic heterocycles. The van der Waals surface area contributed by atoms with Gasteiger partial charge in [-0.2, -0.15) is 0 Å². The first-order valence-electron chi connectivity index (χ1n) is 18.3. The number of rotatable bonds is 5. The van der Waals surface area contributed by atoms with Crippen molar-refractivity contribution in [2.24, 2.45) is 0 Å². The quantitative estimate of drug-likeness (QED) is 0.133. The zero-order chi connectivity index (χ0) is 35.5. The van der Waals surface area contributed by atoms with Gasteiger partial charge in [-0.05, 0) is 71.4 Å². The van der Waals surface area contributed by atoms with E-state index in [2.05, 4.69) is 189 Å². The third-order valence-corrected chi connectivity index (χ3v) is 14.7. The molecule has 53 heavy (non-hydrogen) atoms. The molecule has 1 aliphatic rings. The van der Waals surface area contributed by atoms with E-state index in [-0.39, 0.29) is 0 Å². The van der Waals surface area contributed by atoms with Crippen LogP contribution in [0.4, 0.5) is 0 Å². The lowest BCUT2D eigenvalue weighted by atomic mass is 9.86. The molecule has 0 saturated carbocycles. The van der Waals surface area contributed by atoms with Crippen molar-refractivity contribution in [3.05, 3.63) is 182 Å². The zero-order valence-corrected chi connectivity index (χ0v) is 30.7. The van der Waals surface area contributed by atoms with Gasteiger partial charge in [0.05, 0.1) is 11.4 Å². The van der Waals surface area contributed by atoms with Crippen molar-refractivity contribution in [1.82, 2.24) is 9.97 Å². The number of hydrogen-bond acceptors (Lipinski definition) is 2. The zero-order valence-electron chi connectivity index (χ0n) is 29.7. The molecule has 250 valence electrons. The van der Waals surface area contributed by atoms with Gasteiger partial charge in [-0.1, -0.05) is 189 Å². The molecule has 9 aromatic rings. The molecular formula is C50H36N2Si. The third-order valence-electron chi connectivity index (χ3n) is 11.1. The van der Waals surface area contributed by atoms with Crippen molar-refractivity contribution in [3.63, 3.8) is 0 Å². The molecule has 0 spiro atoms. The summed E-state index contributed by atoms with van der Waals surface area (Å²) in [4.78, 5) is 10.6. The van der Waals surface area contributed by atoms with Gasteiger partial charge in [-0.3, -0.25) is 0 Å². The first kappa shape index (κ1) is 31.3. The van der Waals surface area contributed by atoms with Crippen LogP contribution in [0.1, 0.15) is 0 Å². The van der Waals surface area contributed by atoms with Crippen LogP contribution >= 0.6 is 0 Å². The maximum absolute atomic E-state index is 5.37. The molecule has 0 N–H and O–H groups in total. The summed E-state index contributed by atoms with van der Waals surface area (Å²) in [6.07, 6.45) is 0. The first-order chi connectivity index (χ1) is 26.1. The fourth-order valence-electron chi connectivity index (χ4n) is 8.65. The predicted octanol–water partition coefficient (Wildman–Crippen LogP) is 11.9. The average molecular weight is 693 g/mol. The molecule has 0 amide bonds. The van der Waals surface area contributed by atoms with E-state index < -0.39 is 8.07 Å².